The number of ether oxygens (including phenoxy) is 2. The molecule has 0 N–H and O–H groups in total. The Kier molecular flexibility index (Phi) is 5.35. The topological polar surface area (TPSA) is 35.5 Å². The molecule has 2 fully saturated rings. The lowest BCUT2D eigenvalue weighted by atomic mass is 9.75. The number of hydrogen-bond donors (Lipinski definition) is 0. The molecule has 0 amide bonds. The van der Waals surface area contributed by atoms with Crippen LogP contribution in [0.2, 0.25) is 0 Å². The fourth-order valence-electron chi connectivity index (χ4n) is 4.43. The number of alkyl halides is 6. The van der Waals surface area contributed by atoms with Crippen LogP contribution in [0.3, 0.4) is 0 Å². The fraction of sp³-hybridized carbons (Fsp3) is 0.812. The summed E-state index contributed by atoms with van der Waals surface area (Å²) in [5, 5.41) is 0. The van der Waals surface area contributed by atoms with Crippen LogP contribution in [0.1, 0.15) is 32.6 Å². The number of esters is 1. The normalized spacial score (nSPS) is 29.6. The van der Waals surface area contributed by atoms with Crippen LogP contribution in [0.25, 0.3) is 0 Å². The van der Waals surface area contributed by atoms with Crippen molar-refractivity contribution in [3.8, 4) is 0 Å². The molecule has 0 aromatic carbocycles. The molecule has 144 valence electrons. The van der Waals surface area contributed by atoms with Crippen molar-refractivity contribution in [3.63, 3.8) is 0 Å². The third kappa shape index (κ3) is 3.74. The third-order valence-corrected chi connectivity index (χ3v) is 5.30. The van der Waals surface area contributed by atoms with Gasteiger partial charge in [0.25, 0.3) is 0 Å². The van der Waals surface area contributed by atoms with Gasteiger partial charge in [-0.25, -0.2) is 0 Å². The van der Waals surface area contributed by atoms with Crippen LogP contribution in [0.5, 0.6) is 0 Å². The lowest BCUT2D eigenvalue weighted by Gasteiger charge is -2.40. The molecule has 0 radical (unpaired) electrons. The van der Waals surface area contributed by atoms with Crippen LogP contribution in [0, 0.1) is 23.7 Å². The van der Waals surface area contributed by atoms with E-state index in [1.807, 2.05) is 0 Å². The van der Waals surface area contributed by atoms with Crippen LogP contribution in [-0.2, 0) is 14.3 Å². The molecule has 25 heavy (non-hydrogen) atoms. The highest BCUT2D eigenvalue weighted by molar-refractivity contribution is 5.66. The van der Waals surface area contributed by atoms with E-state index >= 15 is 0 Å². The van der Waals surface area contributed by atoms with Crippen molar-refractivity contribution >= 4 is 5.97 Å². The standard InChI is InChI=1S/C16H20F6O3/c1-3-24-8-12-5-10-4-11(13(12)6-10)7-14(15(17,18)19,16(20,21)22)25-9(2)23/h3,10-13H,1,4-8H2,2H3. The summed E-state index contributed by atoms with van der Waals surface area (Å²) in [4.78, 5) is 11.0. The van der Waals surface area contributed by atoms with E-state index in [1.165, 1.54) is 6.26 Å². The van der Waals surface area contributed by atoms with Crippen molar-refractivity contribution in [2.75, 3.05) is 6.61 Å². The zero-order valence-electron chi connectivity index (χ0n) is 13.6. The smallest absolute Gasteiger partial charge is 0.437 e. The molecule has 0 spiro atoms. The van der Waals surface area contributed by atoms with E-state index in [0.29, 0.717) is 19.8 Å². The van der Waals surface area contributed by atoms with Crippen LogP contribution < -0.4 is 0 Å². The largest absolute Gasteiger partial charge is 0.502 e. The van der Waals surface area contributed by atoms with Crippen molar-refractivity contribution in [2.24, 2.45) is 23.7 Å². The molecular formula is C16H20F6O3. The Bertz CT molecular complexity index is 499. The highest BCUT2D eigenvalue weighted by atomic mass is 19.4. The van der Waals surface area contributed by atoms with Gasteiger partial charge in [-0.3, -0.25) is 4.79 Å². The Morgan fingerprint density at radius 3 is 2.08 bits per heavy atom. The summed E-state index contributed by atoms with van der Waals surface area (Å²) in [7, 11) is 0. The molecule has 9 heteroatoms. The van der Waals surface area contributed by atoms with Crippen molar-refractivity contribution in [1.82, 2.24) is 0 Å². The first-order valence-corrected chi connectivity index (χ1v) is 7.97. The summed E-state index contributed by atoms with van der Waals surface area (Å²) in [6, 6.07) is 0. The number of fused-ring (bicyclic) bond motifs is 2. The zero-order chi connectivity index (χ0) is 19.0. The molecule has 0 heterocycles. The monoisotopic (exact) mass is 374 g/mol. The maximum absolute atomic E-state index is 13.4. The molecule has 2 aliphatic carbocycles. The van der Waals surface area contributed by atoms with Crippen LogP contribution >= 0.6 is 0 Å². The number of carbonyl (C=O) groups is 1. The van der Waals surface area contributed by atoms with Gasteiger partial charge in [-0.05, 0) is 42.9 Å². The first kappa shape index (κ1) is 19.9. The van der Waals surface area contributed by atoms with Gasteiger partial charge in [-0.2, -0.15) is 26.3 Å². The van der Waals surface area contributed by atoms with Crippen molar-refractivity contribution in [2.45, 2.75) is 50.6 Å². The number of hydrogen-bond acceptors (Lipinski definition) is 3. The van der Waals surface area contributed by atoms with E-state index in [9.17, 15) is 31.1 Å². The third-order valence-electron chi connectivity index (χ3n) is 5.30. The summed E-state index contributed by atoms with van der Waals surface area (Å²) in [5.41, 5.74) is -4.47. The lowest BCUT2D eigenvalue weighted by Crippen LogP contribution is -2.60. The predicted octanol–water partition coefficient (Wildman–Crippen LogP) is 4.63. The van der Waals surface area contributed by atoms with Gasteiger partial charge in [0.2, 0.25) is 0 Å². The molecular weight excluding hydrogens is 354 g/mol. The van der Waals surface area contributed by atoms with Gasteiger partial charge in [0, 0.05) is 13.3 Å². The second-order valence-corrected chi connectivity index (χ2v) is 6.88. The van der Waals surface area contributed by atoms with Gasteiger partial charge < -0.3 is 9.47 Å². The maximum Gasteiger partial charge on any atom is 0.437 e. The molecule has 3 nitrogen and oxygen atoms in total. The summed E-state index contributed by atoms with van der Waals surface area (Å²) < 4.78 is 89.3. The fourth-order valence-corrected chi connectivity index (χ4v) is 4.43. The molecule has 2 rings (SSSR count). The van der Waals surface area contributed by atoms with E-state index in [0.717, 1.165) is 0 Å². The van der Waals surface area contributed by atoms with Gasteiger partial charge in [0.15, 0.2) is 0 Å². The zero-order valence-corrected chi connectivity index (χ0v) is 13.6. The summed E-state index contributed by atoms with van der Waals surface area (Å²) in [5.74, 6) is -2.79. The Balaban J connectivity index is 2.28. The number of rotatable bonds is 6. The summed E-state index contributed by atoms with van der Waals surface area (Å²) in [6.45, 7) is 4.15. The average Bonchev–Trinajstić information content (AvgIpc) is 3.00. The molecule has 2 aliphatic rings. The van der Waals surface area contributed by atoms with E-state index in [-0.39, 0.29) is 30.8 Å². The lowest BCUT2D eigenvalue weighted by molar-refractivity contribution is -0.374. The molecule has 0 aromatic heterocycles. The molecule has 2 bridgehead atoms. The Morgan fingerprint density at radius 1 is 1.08 bits per heavy atom. The molecule has 0 saturated heterocycles. The second kappa shape index (κ2) is 6.72. The van der Waals surface area contributed by atoms with Crippen molar-refractivity contribution in [1.29, 1.82) is 0 Å². The highest BCUT2D eigenvalue weighted by Crippen LogP contribution is 2.58. The van der Waals surface area contributed by atoms with Gasteiger partial charge >= 0.3 is 23.9 Å². The molecule has 0 aliphatic heterocycles. The summed E-state index contributed by atoms with van der Waals surface area (Å²) in [6.07, 6.45) is -10.0. The molecule has 2 saturated carbocycles. The SMILES string of the molecule is C=COCC1CC2CC(CC(OC(C)=O)(C(F)(F)F)C(F)(F)F)C1C2. The quantitative estimate of drug-likeness (QED) is 0.386. The van der Waals surface area contributed by atoms with E-state index in [1.54, 1.807) is 0 Å². The number of halogens is 6. The van der Waals surface area contributed by atoms with Gasteiger partial charge in [-0.15, -0.1) is 0 Å². The van der Waals surface area contributed by atoms with Crippen LogP contribution in [0.4, 0.5) is 26.3 Å². The highest BCUT2D eigenvalue weighted by Gasteiger charge is 2.75. The Labute approximate surface area is 141 Å². The first-order chi connectivity index (χ1) is 11.4. The minimum Gasteiger partial charge on any atom is -0.502 e. The maximum atomic E-state index is 13.4. The minimum atomic E-state index is -5.74. The Hall–Kier alpha value is -1.41. The molecule has 0 aromatic rings. The van der Waals surface area contributed by atoms with Gasteiger partial charge in [-0.1, -0.05) is 6.58 Å². The van der Waals surface area contributed by atoms with Crippen molar-refractivity contribution in [3.05, 3.63) is 12.8 Å². The number of carbonyl (C=O) groups excluding carboxylic acids is 1. The van der Waals surface area contributed by atoms with Gasteiger partial charge in [0.1, 0.15) is 0 Å². The first-order valence-electron chi connectivity index (χ1n) is 7.97. The van der Waals surface area contributed by atoms with E-state index in [4.69, 9.17) is 4.74 Å². The average molecular weight is 374 g/mol. The molecule has 4 unspecified atom stereocenters. The summed E-state index contributed by atoms with van der Waals surface area (Å²) >= 11 is 0. The van der Waals surface area contributed by atoms with Crippen molar-refractivity contribution < 1.29 is 40.6 Å². The van der Waals surface area contributed by atoms with Crippen LogP contribution in [0.15, 0.2) is 12.8 Å². The van der Waals surface area contributed by atoms with E-state index < -0.39 is 36.3 Å². The Morgan fingerprint density at radius 2 is 1.64 bits per heavy atom. The van der Waals surface area contributed by atoms with Crippen LogP contribution in [-0.4, -0.2) is 30.5 Å². The van der Waals surface area contributed by atoms with Gasteiger partial charge in [0.05, 0.1) is 12.9 Å². The second-order valence-electron chi connectivity index (χ2n) is 6.88. The molecule has 4 atom stereocenters. The van der Waals surface area contributed by atoms with E-state index in [2.05, 4.69) is 11.3 Å². The minimum absolute atomic E-state index is 0.0740. The predicted molar refractivity (Wildman–Crippen MR) is 75.2 cm³/mol.